The highest BCUT2D eigenvalue weighted by molar-refractivity contribution is 5.97. The van der Waals surface area contributed by atoms with E-state index in [-0.39, 0.29) is 5.91 Å². The summed E-state index contributed by atoms with van der Waals surface area (Å²) in [6, 6.07) is 5.44. The maximum absolute atomic E-state index is 12.5. The fraction of sp³-hybridized carbons (Fsp3) is 0.267. The molecule has 1 N–H and O–H groups in total. The van der Waals surface area contributed by atoms with Crippen LogP contribution in [0.15, 0.2) is 29.0 Å². The van der Waals surface area contributed by atoms with E-state index in [4.69, 9.17) is 4.52 Å². The molecule has 0 aliphatic rings. The Morgan fingerprint density at radius 1 is 1.38 bits per heavy atom. The van der Waals surface area contributed by atoms with E-state index in [9.17, 15) is 4.79 Å². The number of aromatic amines is 1. The molecule has 0 bridgehead atoms. The zero-order valence-corrected chi connectivity index (χ0v) is 12.2. The molecule has 0 saturated heterocycles. The van der Waals surface area contributed by atoms with Crippen molar-refractivity contribution in [2.24, 2.45) is 0 Å². The summed E-state index contributed by atoms with van der Waals surface area (Å²) < 4.78 is 5.13. The Balaban J connectivity index is 1.83. The molecule has 0 fully saturated rings. The lowest BCUT2D eigenvalue weighted by atomic mass is 10.1. The first-order chi connectivity index (χ1) is 10.1. The normalized spacial score (nSPS) is 11.0. The largest absolute Gasteiger partial charge is 0.361 e. The van der Waals surface area contributed by atoms with Gasteiger partial charge in [-0.15, -0.1) is 0 Å². The topological polar surface area (TPSA) is 75.0 Å². The minimum atomic E-state index is -0.0495. The summed E-state index contributed by atoms with van der Waals surface area (Å²) in [6.07, 6.45) is 1.62. The number of hydrogen-bond donors (Lipinski definition) is 1. The van der Waals surface area contributed by atoms with Gasteiger partial charge in [0.1, 0.15) is 5.76 Å². The molecule has 0 atom stereocenters. The average Bonchev–Trinajstić information content (AvgIpc) is 3.07. The van der Waals surface area contributed by atoms with Crippen molar-refractivity contribution in [1.29, 1.82) is 0 Å². The van der Waals surface area contributed by atoms with E-state index in [0.717, 1.165) is 28.1 Å². The van der Waals surface area contributed by atoms with Gasteiger partial charge in [0.2, 0.25) is 0 Å². The van der Waals surface area contributed by atoms with Gasteiger partial charge >= 0.3 is 0 Å². The number of aromatic nitrogens is 3. The van der Waals surface area contributed by atoms with Crippen molar-refractivity contribution in [2.75, 3.05) is 7.05 Å². The van der Waals surface area contributed by atoms with Crippen LogP contribution in [0.5, 0.6) is 0 Å². The van der Waals surface area contributed by atoms with Crippen LogP contribution in [-0.2, 0) is 6.54 Å². The zero-order valence-electron chi connectivity index (χ0n) is 12.2. The van der Waals surface area contributed by atoms with Crippen molar-refractivity contribution in [3.8, 4) is 0 Å². The number of benzene rings is 1. The van der Waals surface area contributed by atoms with Gasteiger partial charge in [-0.05, 0) is 32.0 Å². The van der Waals surface area contributed by atoms with Gasteiger partial charge in [0.05, 0.1) is 29.6 Å². The number of carbonyl (C=O) groups is 1. The molecule has 108 valence electrons. The van der Waals surface area contributed by atoms with Crippen LogP contribution in [0.25, 0.3) is 11.0 Å². The molecule has 2 heterocycles. The van der Waals surface area contributed by atoms with Gasteiger partial charge in [0, 0.05) is 18.2 Å². The summed E-state index contributed by atoms with van der Waals surface area (Å²) in [7, 11) is 1.77. The predicted molar refractivity (Wildman–Crippen MR) is 77.9 cm³/mol. The van der Waals surface area contributed by atoms with Crippen molar-refractivity contribution in [2.45, 2.75) is 20.4 Å². The van der Waals surface area contributed by atoms with Crippen molar-refractivity contribution in [3.63, 3.8) is 0 Å². The highest BCUT2D eigenvalue weighted by Crippen LogP contribution is 2.17. The molecule has 3 rings (SSSR count). The number of H-pyrrole nitrogens is 1. The fourth-order valence-corrected chi connectivity index (χ4v) is 2.33. The lowest BCUT2D eigenvalue weighted by Crippen LogP contribution is -2.26. The third kappa shape index (κ3) is 2.40. The lowest BCUT2D eigenvalue weighted by molar-refractivity contribution is 0.0784. The van der Waals surface area contributed by atoms with Crippen LogP contribution >= 0.6 is 0 Å². The second kappa shape index (κ2) is 5.05. The van der Waals surface area contributed by atoms with E-state index in [0.29, 0.717) is 12.1 Å². The molecule has 0 unspecified atom stereocenters. The highest BCUT2D eigenvalue weighted by Gasteiger charge is 2.17. The number of amides is 1. The minimum absolute atomic E-state index is 0.0495. The Hall–Kier alpha value is -2.63. The first-order valence-corrected chi connectivity index (χ1v) is 6.66. The van der Waals surface area contributed by atoms with Crippen LogP contribution in [0.2, 0.25) is 0 Å². The smallest absolute Gasteiger partial charge is 0.253 e. The molecule has 1 amide bonds. The Labute approximate surface area is 121 Å². The molecular weight excluding hydrogens is 268 g/mol. The number of carbonyl (C=O) groups excluding carboxylic acids is 1. The molecule has 2 aromatic heterocycles. The Kier molecular flexibility index (Phi) is 3.21. The molecule has 0 radical (unpaired) electrons. The third-order valence-electron chi connectivity index (χ3n) is 3.59. The van der Waals surface area contributed by atoms with Gasteiger partial charge in [0.15, 0.2) is 0 Å². The second-order valence-corrected chi connectivity index (χ2v) is 5.10. The summed E-state index contributed by atoms with van der Waals surface area (Å²) in [5, 5.41) is 3.91. The monoisotopic (exact) mass is 284 g/mol. The van der Waals surface area contributed by atoms with E-state index in [1.54, 1.807) is 24.3 Å². The first kappa shape index (κ1) is 13.4. The number of hydrogen-bond acceptors (Lipinski definition) is 4. The van der Waals surface area contributed by atoms with Gasteiger partial charge in [-0.25, -0.2) is 4.98 Å². The maximum Gasteiger partial charge on any atom is 0.253 e. The van der Waals surface area contributed by atoms with E-state index >= 15 is 0 Å². The molecule has 0 saturated carbocycles. The summed E-state index contributed by atoms with van der Waals surface area (Å²) in [5.41, 5.74) is 4.09. The lowest BCUT2D eigenvalue weighted by Gasteiger charge is -2.17. The van der Waals surface area contributed by atoms with Crippen molar-refractivity contribution in [3.05, 3.63) is 47.1 Å². The second-order valence-electron chi connectivity index (χ2n) is 5.10. The highest BCUT2D eigenvalue weighted by atomic mass is 16.5. The molecule has 21 heavy (non-hydrogen) atoms. The zero-order chi connectivity index (χ0) is 15.0. The van der Waals surface area contributed by atoms with E-state index in [1.165, 1.54) is 0 Å². The maximum atomic E-state index is 12.5. The predicted octanol–water partition coefficient (Wildman–Crippen LogP) is 2.44. The van der Waals surface area contributed by atoms with E-state index in [1.807, 2.05) is 26.0 Å². The summed E-state index contributed by atoms with van der Waals surface area (Å²) in [4.78, 5) is 21.3. The average molecular weight is 284 g/mol. The molecular formula is C15H16N4O2. The van der Waals surface area contributed by atoms with E-state index < -0.39 is 0 Å². The van der Waals surface area contributed by atoms with Gasteiger partial charge in [-0.2, -0.15) is 0 Å². The Morgan fingerprint density at radius 3 is 2.90 bits per heavy atom. The van der Waals surface area contributed by atoms with Crippen LogP contribution in [0.1, 0.15) is 27.4 Å². The molecule has 3 aromatic rings. The standard InChI is InChI=1S/C15H16N4O2/c1-9-12(10(2)21-18-9)7-19(3)15(20)11-4-5-13-14(6-11)17-8-16-13/h4-6,8H,7H2,1-3H3,(H,16,17). The molecule has 1 aromatic carbocycles. The van der Waals surface area contributed by atoms with Gasteiger partial charge in [-0.3, -0.25) is 4.79 Å². The fourth-order valence-electron chi connectivity index (χ4n) is 2.33. The minimum Gasteiger partial charge on any atom is -0.361 e. The number of fused-ring (bicyclic) bond motifs is 1. The van der Waals surface area contributed by atoms with Crippen LogP contribution in [0, 0.1) is 13.8 Å². The SMILES string of the molecule is Cc1noc(C)c1CN(C)C(=O)c1ccc2nc[nH]c2c1. The molecule has 6 nitrogen and oxygen atoms in total. The quantitative estimate of drug-likeness (QED) is 0.801. The van der Waals surface area contributed by atoms with Crippen LogP contribution in [0.4, 0.5) is 0 Å². The molecule has 0 aliphatic carbocycles. The van der Waals surface area contributed by atoms with E-state index in [2.05, 4.69) is 15.1 Å². The Bertz CT molecular complexity index is 783. The number of imidazole rings is 1. The summed E-state index contributed by atoms with van der Waals surface area (Å²) >= 11 is 0. The molecule has 0 aliphatic heterocycles. The third-order valence-corrected chi connectivity index (χ3v) is 3.59. The number of rotatable bonds is 3. The summed E-state index contributed by atoms with van der Waals surface area (Å²) in [5.74, 6) is 0.697. The van der Waals surface area contributed by atoms with Gasteiger partial charge < -0.3 is 14.4 Å². The van der Waals surface area contributed by atoms with Crippen molar-refractivity contribution >= 4 is 16.9 Å². The van der Waals surface area contributed by atoms with Gasteiger partial charge in [0.25, 0.3) is 5.91 Å². The van der Waals surface area contributed by atoms with Gasteiger partial charge in [-0.1, -0.05) is 5.16 Å². The van der Waals surface area contributed by atoms with Crippen LogP contribution in [-0.4, -0.2) is 33.0 Å². The number of nitrogens with one attached hydrogen (secondary N) is 1. The summed E-state index contributed by atoms with van der Waals surface area (Å²) in [6.45, 7) is 4.20. The molecule has 6 heteroatoms. The Morgan fingerprint density at radius 2 is 2.19 bits per heavy atom. The first-order valence-electron chi connectivity index (χ1n) is 6.66. The van der Waals surface area contributed by atoms with Crippen LogP contribution < -0.4 is 0 Å². The van der Waals surface area contributed by atoms with Crippen LogP contribution in [0.3, 0.4) is 0 Å². The molecule has 0 spiro atoms. The van der Waals surface area contributed by atoms with Crippen molar-refractivity contribution in [1.82, 2.24) is 20.0 Å². The number of aryl methyl sites for hydroxylation is 2. The van der Waals surface area contributed by atoms with Crippen molar-refractivity contribution < 1.29 is 9.32 Å². The number of nitrogens with zero attached hydrogens (tertiary/aromatic N) is 3.